The molecule has 0 aliphatic carbocycles. The average molecular weight is 260 g/mol. The van der Waals surface area contributed by atoms with E-state index in [1.54, 1.807) is 13.2 Å². The number of nitrogens with zero attached hydrogens (tertiary/aromatic N) is 1. The number of nitrogens with one attached hydrogen (secondary N) is 1. The minimum Gasteiger partial charge on any atom is -0.497 e. The van der Waals surface area contributed by atoms with Crippen molar-refractivity contribution in [2.45, 2.75) is 12.5 Å². The molecular formula is C14H16N2O3. The van der Waals surface area contributed by atoms with Gasteiger partial charge in [-0.05, 0) is 12.1 Å². The molecule has 1 heterocycles. The zero-order valence-electron chi connectivity index (χ0n) is 10.8. The highest BCUT2D eigenvalue weighted by Crippen LogP contribution is 2.20. The van der Waals surface area contributed by atoms with Gasteiger partial charge in [0, 0.05) is 18.5 Å². The number of rotatable bonds is 5. The molecule has 0 saturated heterocycles. The SMILES string of the molecule is C=CCNC(=O)[C@H]1CC(c2cccc(OC)c2)=NO1. The Balaban J connectivity index is 2.00. The van der Waals surface area contributed by atoms with E-state index in [0.717, 1.165) is 17.0 Å². The molecule has 0 unspecified atom stereocenters. The van der Waals surface area contributed by atoms with Gasteiger partial charge in [0.1, 0.15) is 5.75 Å². The fourth-order valence-corrected chi connectivity index (χ4v) is 1.78. The first-order valence-electron chi connectivity index (χ1n) is 6.00. The van der Waals surface area contributed by atoms with Crippen molar-refractivity contribution >= 4 is 11.6 Å². The van der Waals surface area contributed by atoms with Gasteiger partial charge in [0.2, 0.25) is 6.10 Å². The first kappa shape index (κ1) is 13.1. The molecule has 5 nitrogen and oxygen atoms in total. The van der Waals surface area contributed by atoms with E-state index in [9.17, 15) is 4.79 Å². The van der Waals surface area contributed by atoms with E-state index in [1.165, 1.54) is 0 Å². The maximum absolute atomic E-state index is 11.7. The van der Waals surface area contributed by atoms with Crippen molar-refractivity contribution in [3.63, 3.8) is 0 Å². The molecule has 0 fully saturated rings. The number of hydrogen-bond donors (Lipinski definition) is 1. The van der Waals surface area contributed by atoms with Crippen molar-refractivity contribution in [2.24, 2.45) is 5.16 Å². The van der Waals surface area contributed by atoms with Crippen LogP contribution >= 0.6 is 0 Å². The summed E-state index contributed by atoms with van der Waals surface area (Å²) in [6, 6.07) is 7.51. The van der Waals surface area contributed by atoms with Gasteiger partial charge in [-0.25, -0.2) is 0 Å². The number of methoxy groups -OCH3 is 1. The molecule has 1 aliphatic heterocycles. The van der Waals surface area contributed by atoms with Crippen LogP contribution in [0.2, 0.25) is 0 Å². The molecule has 5 heteroatoms. The molecule has 0 saturated carbocycles. The van der Waals surface area contributed by atoms with E-state index < -0.39 is 6.10 Å². The monoisotopic (exact) mass is 260 g/mol. The van der Waals surface area contributed by atoms with Gasteiger partial charge < -0.3 is 14.9 Å². The molecule has 1 atom stereocenters. The van der Waals surface area contributed by atoms with E-state index in [1.807, 2.05) is 24.3 Å². The van der Waals surface area contributed by atoms with Gasteiger partial charge in [0.25, 0.3) is 5.91 Å². The van der Waals surface area contributed by atoms with Crippen molar-refractivity contribution in [3.8, 4) is 5.75 Å². The van der Waals surface area contributed by atoms with Crippen molar-refractivity contribution < 1.29 is 14.4 Å². The van der Waals surface area contributed by atoms with Gasteiger partial charge >= 0.3 is 0 Å². The highest BCUT2D eigenvalue weighted by molar-refractivity contribution is 6.04. The van der Waals surface area contributed by atoms with Gasteiger partial charge in [-0.1, -0.05) is 23.4 Å². The summed E-state index contributed by atoms with van der Waals surface area (Å²) in [4.78, 5) is 16.9. The summed E-state index contributed by atoms with van der Waals surface area (Å²) in [5, 5.41) is 6.66. The number of amides is 1. The number of ether oxygens (including phenoxy) is 1. The average Bonchev–Trinajstić information content (AvgIpc) is 2.94. The van der Waals surface area contributed by atoms with Crippen molar-refractivity contribution in [1.29, 1.82) is 0 Å². The second-order valence-electron chi connectivity index (χ2n) is 4.10. The number of benzene rings is 1. The first-order chi connectivity index (χ1) is 9.24. The Morgan fingerprint density at radius 3 is 3.26 bits per heavy atom. The highest BCUT2D eigenvalue weighted by Gasteiger charge is 2.28. The zero-order chi connectivity index (χ0) is 13.7. The Kier molecular flexibility index (Phi) is 4.18. The molecular weight excluding hydrogens is 244 g/mol. The Hall–Kier alpha value is -2.30. The van der Waals surface area contributed by atoms with Gasteiger partial charge in [-0.2, -0.15) is 0 Å². The number of carbonyl (C=O) groups is 1. The molecule has 0 aromatic heterocycles. The molecule has 0 radical (unpaired) electrons. The number of oxime groups is 1. The van der Waals surface area contributed by atoms with Crippen LogP contribution in [0.3, 0.4) is 0 Å². The molecule has 1 aliphatic rings. The van der Waals surface area contributed by atoms with E-state index in [-0.39, 0.29) is 5.91 Å². The Morgan fingerprint density at radius 2 is 2.53 bits per heavy atom. The molecule has 0 spiro atoms. The molecule has 19 heavy (non-hydrogen) atoms. The van der Waals surface area contributed by atoms with Crippen LogP contribution < -0.4 is 10.1 Å². The normalized spacial score (nSPS) is 17.3. The summed E-state index contributed by atoms with van der Waals surface area (Å²) in [7, 11) is 1.61. The van der Waals surface area contributed by atoms with Crippen LogP contribution in [-0.4, -0.2) is 31.4 Å². The van der Waals surface area contributed by atoms with Crippen LogP contribution in [0.5, 0.6) is 5.75 Å². The summed E-state index contributed by atoms with van der Waals surface area (Å²) in [5.74, 6) is 0.571. The summed E-state index contributed by atoms with van der Waals surface area (Å²) in [6.45, 7) is 3.97. The summed E-state index contributed by atoms with van der Waals surface area (Å²) >= 11 is 0. The van der Waals surface area contributed by atoms with Gasteiger partial charge in [0.05, 0.1) is 12.8 Å². The zero-order valence-corrected chi connectivity index (χ0v) is 10.8. The fourth-order valence-electron chi connectivity index (χ4n) is 1.78. The second-order valence-corrected chi connectivity index (χ2v) is 4.10. The van der Waals surface area contributed by atoms with E-state index in [2.05, 4.69) is 17.1 Å². The fraction of sp³-hybridized carbons (Fsp3) is 0.286. The van der Waals surface area contributed by atoms with Crippen LogP contribution in [0.25, 0.3) is 0 Å². The maximum atomic E-state index is 11.7. The summed E-state index contributed by atoms with van der Waals surface area (Å²) in [6.07, 6.45) is 1.51. The van der Waals surface area contributed by atoms with Crippen LogP contribution in [0, 0.1) is 0 Å². The lowest BCUT2D eigenvalue weighted by Gasteiger charge is -2.07. The first-order valence-corrected chi connectivity index (χ1v) is 6.00. The third-order valence-corrected chi connectivity index (χ3v) is 2.78. The predicted molar refractivity (Wildman–Crippen MR) is 72.2 cm³/mol. The smallest absolute Gasteiger partial charge is 0.264 e. The van der Waals surface area contributed by atoms with Gasteiger partial charge in [-0.3, -0.25) is 4.79 Å². The molecule has 100 valence electrons. The van der Waals surface area contributed by atoms with E-state index >= 15 is 0 Å². The van der Waals surface area contributed by atoms with Crippen LogP contribution in [0.4, 0.5) is 0 Å². The topological polar surface area (TPSA) is 59.9 Å². The highest BCUT2D eigenvalue weighted by atomic mass is 16.6. The standard InChI is InChI=1S/C14H16N2O3/c1-3-7-15-14(17)13-9-12(16-19-13)10-5-4-6-11(8-10)18-2/h3-6,8,13H,1,7,9H2,2H3,(H,15,17)/t13-/m1/s1. The molecule has 2 rings (SSSR count). The Labute approximate surface area is 111 Å². The Bertz CT molecular complexity index is 511. The lowest BCUT2D eigenvalue weighted by atomic mass is 10.0. The molecule has 1 N–H and O–H groups in total. The minimum absolute atomic E-state index is 0.179. The van der Waals surface area contributed by atoms with Gasteiger partial charge in [-0.15, -0.1) is 6.58 Å². The molecule has 1 aromatic rings. The molecule has 0 bridgehead atoms. The van der Waals surface area contributed by atoms with Crippen LogP contribution in [0.15, 0.2) is 42.1 Å². The third kappa shape index (κ3) is 3.13. The third-order valence-electron chi connectivity index (χ3n) is 2.78. The minimum atomic E-state index is -0.568. The van der Waals surface area contributed by atoms with E-state index in [4.69, 9.17) is 9.57 Å². The second kappa shape index (κ2) is 6.04. The lowest BCUT2D eigenvalue weighted by molar-refractivity contribution is -0.130. The number of hydrogen-bond acceptors (Lipinski definition) is 4. The summed E-state index contributed by atoms with van der Waals surface area (Å²) in [5.41, 5.74) is 1.65. The lowest BCUT2D eigenvalue weighted by Crippen LogP contribution is -2.34. The maximum Gasteiger partial charge on any atom is 0.264 e. The van der Waals surface area contributed by atoms with Crippen LogP contribution in [-0.2, 0) is 9.63 Å². The predicted octanol–water partition coefficient (Wildman–Crippen LogP) is 1.49. The van der Waals surface area contributed by atoms with Crippen LogP contribution in [0.1, 0.15) is 12.0 Å². The Morgan fingerprint density at radius 1 is 1.68 bits per heavy atom. The number of carbonyl (C=O) groups excluding carboxylic acids is 1. The van der Waals surface area contributed by atoms with Crippen molar-refractivity contribution in [2.75, 3.05) is 13.7 Å². The van der Waals surface area contributed by atoms with Crippen molar-refractivity contribution in [3.05, 3.63) is 42.5 Å². The van der Waals surface area contributed by atoms with Crippen molar-refractivity contribution in [1.82, 2.24) is 5.32 Å². The summed E-state index contributed by atoms with van der Waals surface area (Å²) < 4.78 is 5.16. The molecule has 1 amide bonds. The van der Waals surface area contributed by atoms with E-state index in [0.29, 0.717) is 13.0 Å². The quantitative estimate of drug-likeness (QED) is 0.816. The largest absolute Gasteiger partial charge is 0.497 e. The molecule has 1 aromatic carbocycles. The van der Waals surface area contributed by atoms with Gasteiger partial charge in [0.15, 0.2) is 0 Å².